The number of carbonyl (C=O) groups is 1. The molecule has 0 radical (unpaired) electrons. The van der Waals surface area contributed by atoms with E-state index in [-0.39, 0.29) is 17.5 Å². The smallest absolute Gasteiger partial charge is 0.311 e. The molecule has 0 spiro atoms. The molecule has 5 aliphatic carbocycles. The van der Waals surface area contributed by atoms with Crippen molar-refractivity contribution in [3.05, 3.63) is 12.2 Å². The fourth-order valence-electron chi connectivity index (χ4n) is 7.38. The molecule has 0 heterocycles. The van der Waals surface area contributed by atoms with Crippen LogP contribution in [0.2, 0.25) is 0 Å². The van der Waals surface area contributed by atoms with Crippen LogP contribution in [0.15, 0.2) is 12.2 Å². The van der Waals surface area contributed by atoms with Crippen molar-refractivity contribution in [2.24, 2.45) is 41.4 Å². The van der Waals surface area contributed by atoms with Crippen molar-refractivity contribution in [1.82, 2.24) is 0 Å². The molecule has 0 aliphatic heterocycles. The quantitative estimate of drug-likeness (QED) is 0.321. The van der Waals surface area contributed by atoms with Gasteiger partial charge in [-0.3, -0.25) is 4.79 Å². The van der Waals surface area contributed by atoms with E-state index in [1.54, 1.807) is 0 Å². The van der Waals surface area contributed by atoms with E-state index in [0.717, 1.165) is 48.9 Å². The lowest BCUT2D eigenvalue weighted by Crippen LogP contribution is -2.39. The molecule has 0 amide bonds. The minimum atomic E-state index is -0.412. The van der Waals surface area contributed by atoms with Gasteiger partial charge in [-0.05, 0) is 81.5 Å². The first-order valence-corrected chi connectivity index (χ1v) is 10.6. The summed E-state index contributed by atoms with van der Waals surface area (Å²) in [6.07, 6.45) is 14.1. The third-order valence-electron chi connectivity index (χ3n) is 8.22. The van der Waals surface area contributed by atoms with E-state index in [2.05, 4.69) is 19.1 Å². The van der Waals surface area contributed by atoms with Gasteiger partial charge < -0.3 is 9.47 Å². The first-order valence-electron chi connectivity index (χ1n) is 10.6. The second-order valence-electron chi connectivity index (χ2n) is 9.74. The molecule has 0 aromatic carbocycles. The molecule has 5 rings (SSSR count). The molecule has 3 nitrogen and oxygen atoms in total. The molecular weight excluding hydrogens is 312 g/mol. The number of rotatable bonds is 4. The monoisotopic (exact) mass is 344 g/mol. The van der Waals surface area contributed by atoms with E-state index in [1.807, 2.05) is 6.92 Å². The molecule has 0 aromatic rings. The number of fused-ring (bicyclic) bond motifs is 9. The highest BCUT2D eigenvalue weighted by Gasteiger charge is 2.62. The number of esters is 1. The fraction of sp³-hybridized carbons (Fsp3) is 0.864. The largest absolute Gasteiger partial charge is 0.436 e. The lowest BCUT2D eigenvalue weighted by Gasteiger charge is -2.38. The summed E-state index contributed by atoms with van der Waals surface area (Å²) >= 11 is 0. The third kappa shape index (κ3) is 2.60. The number of hydrogen-bond donors (Lipinski definition) is 0. The van der Waals surface area contributed by atoms with Gasteiger partial charge in [-0.25, -0.2) is 0 Å². The zero-order chi connectivity index (χ0) is 17.2. The molecule has 8 unspecified atom stereocenters. The van der Waals surface area contributed by atoms with Crippen LogP contribution in [0.5, 0.6) is 0 Å². The van der Waals surface area contributed by atoms with E-state index in [1.165, 1.54) is 32.1 Å². The Kier molecular flexibility index (Phi) is 3.82. The summed E-state index contributed by atoms with van der Waals surface area (Å²) in [4.78, 5) is 12.9. The van der Waals surface area contributed by atoms with Gasteiger partial charge in [0.2, 0.25) is 6.29 Å². The zero-order valence-corrected chi connectivity index (χ0v) is 15.7. The standard InChI is InChI=1S/C22H32O3/c1-13(25-22(2)8-4-3-5-9-22)24-21(23)18-12-16-11-17(18)20-15-7-6-14(10-15)19(16)20/h6-7,13-20H,3-5,8-12H2,1-2H3. The summed E-state index contributed by atoms with van der Waals surface area (Å²) in [6, 6.07) is 0. The molecule has 0 saturated heterocycles. The predicted molar refractivity (Wildman–Crippen MR) is 95.6 cm³/mol. The van der Waals surface area contributed by atoms with Crippen molar-refractivity contribution in [3.8, 4) is 0 Å². The summed E-state index contributed by atoms with van der Waals surface area (Å²) in [7, 11) is 0. The van der Waals surface area contributed by atoms with E-state index in [9.17, 15) is 4.79 Å². The number of ether oxygens (including phenoxy) is 2. The Morgan fingerprint density at radius 1 is 1.04 bits per heavy atom. The Morgan fingerprint density at radius 3 is 2.52 bits per heavy atom. The van der Waals surface area contributed by atoms with E-state index >= 15 is 0 Å². The number of hydrogen-bond acceptors (Lipinski definition) is 3. The molecule has 4 bridgehead atoms. The Labute approximate surface area is 151 Å². The summed E-state index contributed by atoms with van der Waals surface area (Å²) < 4.78 is 12.0. The highest BCUT2D eigenvalue weighted by atomic mass is 16.7. The molecule has 25 heavy (non-hydrogen) atoms. The van der Waals surface area contributed by atoms with Gasteiger partial charge in [-0.1, -0.05) is 31.4 Å². The van der Waals surface area contributed by atoms with Crippen molar-refractivity contribution in [1.29, 1.82) is 0 Å². The maximum absolute atomic E-state index is 12.9. The Morgan fingerprint density at radius 2 is 1.76 bits per heavy atom. The Balaban J connectivity index is 1.20. The molecule has 0 N–H and O–H groups in total. The first-order chi connectivity index (χ1) is 12.0. The third-order valence-corrected chi connectivity index (χ3v) is 8.22. The van der Waals surface area contributed by atoms with Gasteiger partial charge in [-0.2, -0.15) is 0 Å². The molecule has 0 aromatic heterocycles. The van der Waals surface area contributed by atoms with Crippen molar-refractivity contribution in [2.75, 3.05) is 0 Å². The average molecular weight is 344 g/mol. The second kappa shape index (κ2) is 5.84. The lowest BCUT2D eigenvalue weighted by molar-refractivity contribution is -0.214. The van der Waals surface area contributed by atoms with Crippen molar-refractivity contribution >= 4 is 5.97 Å². The predicted octanol–water partition coefficient (Wildman–Crippen LogP) is 4.71. The van der Waals surface area contributed by atoms with Crippen LogP contribution in [-0.2, 0) is 14.3 Å². The van der Waals surface area contributed by atoms with E-state index in [0.29, 0.717) is 5.92 Å². The number of allylic oxidation sites excluding steroid dienone is 2. The summed E-state index contributed by atoms with van der Waals surface area (Å²) in [5.41, 5.74) is -0.104. The lowest BCUT2D eigenvalue weighted by atomic mass is 9.69. The maximum atomic E-state index is 12.9. The molecule has 5 aliphatic rings. The van der Waals surface area contributed by atoms with Crippen LogP contribution in [0.4, 0.5) is 0 Å². The molecular formula is C22H32O3. The zero-order valence-electron chi connectivity index (χ0n) is 15.7. The van der Waals surface area contributed by atoms with Crippen molar-refractivity contribution in [2.45, 2.75) is 77.1 Å². The number of carbonyl (C=O) groups excluding carboxylic acids is 1. The van der Waals surface area contributed by atoms with Crippen LogP contribution >= 0.6 is 0 Å². The van der Waals surface area contributed by atoms with E-state index in [4.69, 9.17) is 9.47 Å². The molecule has 4 fully saturated rings. The van der Waals surface area contributed by atoms with Gasteiger partial charge in [0.25, 0.3) is 0 Å². The second-order valence-corrected chi connectivity index (χ2v) is 9.74. The Hall–Kier alpha value is -0.830. The van der Waals surface area contributed by atoms with Crippen LogP contribution < -0.4 is 0 Å². The SMILES string of the molecule is CC(OC(=O)C1CC2CC1C1C3C=CC(C3)C21)OC1(C)CCCCC1. The topological polar surface area (TPSA) is 35.5 Å². The Bertz CT molecular complexity index is 576. The maximum Gasteiger partial charge on any atom is 0.311 e. The van der Waals surface area contributed by atoms with Crippen LogP contribution in [0, 0.1) is 41.4 Å². The normalized spacial score (nSPS) is 47.0. The fourth-order valence-corrected chi connectivity index (χ4v) is 7.38. The summed E-state index contributed by atoms with van der Waals surface area (Å²) in [5.74, 6) is 4.68. The van der Waals surface area contributed by atoms with Crippen LogP contribution in [0.3, 0.4) is 0 Å². The van der Waals surface area contributed by atoms with Gasteiger partial charge in [-0.15, -0.1) is 0 Å². The first kappa shape index (κ1) is 16.4. The minimum Gasteiger partial charge on any atom is -0.436 e. The molecule has 8 atom stereocenters. The van der Waals surface area contributed by atoms with Gasteiger partial charge >= 0.3 is 5.97 Å². The van der Waals surface area contributed by atoms with Gasteiger partial charge in [0.05, 0.1) is 11.5 Å². The van der Waals surface area contributed by atoms with Crippen LogP contribution in [-0.4, -0.2) is 17.9 Å². The van der Waals surface area contributed by atoms with E-state index < -0.39 is 6.29 Å². The van der Waals surface area contributed by atoms with Gasteiger partial charge in [0, 0.05) is 0 Å². The highest BCUT2D eigenvalue weighted by molar-refractivity contribution is 5.73. The minimum absolute atomic E-state index is 0.0182. The van der Waals surface area contributed by atoms with Crippen molar-refractivity contribution in [3.63, 3.8) is 0 Å². The summed E-state index contributed by atoms with van der Waals surface area (Å²) in [6.45, 7) is 4.09. The molecule has 4 saturated carbocycles. The van der Waals surface area contributed by atoms with Crippen LogP contribution in [0.25, 0.3) is 0 Å². The average Bonchev–Trinajstić information content (AvgIpc) is 3.33. The molecule has 138 valence electrons. The van der Waals surface area contributed by atoms with Crippen molar-refractivity contribution < 1.29 is 14.3 Å². The van der Waals surface area contributed by atoms with Crippen LogP contribution in [0.1, 0.15) is 65.2 Å². The summed E-state index contributed by atoms with van der Waals surface area (Å²) in [5, 5.41) is 0. The van der Waals surface area contributed by atoms with Gasteiger partial charge in [0.1, 0.15) is 0 Å². The molecule has 3 heteroatoms. The van der Waals surface area contributed by atoms with Gasteiger partial charge in [0.15, 0.2) is 0 Å². The highest BCUT2D eigenvalue weighted by Crippen LogP contribution is 2.67.